The van der Waals surface area contributed by atoms with Crippen molar-refractivity contribution in [1.29, 1.82) is 0 Å². The second kappa shape index (κ2) is 7.07. The monoisotopic (exact) mass is 376 g/mol. The van der Waals surface area contributed by atoms with Crippen molar-refractivity contribution in [3.8, 4) is 0 Å². The van der Waals surface area contributed by atoms with Gasteiger partial charge >= 0.3 is 0 Å². The molecular weight excluding hydrogens is 359 g/mol. The van der Waals surface area contributed by atoms with Gasteiger partial charge in [-0.15, -0.1) is 12.4 Å². The van der Waals surface area contributed by atoms with Crippen LogP contribution >= 0.6 is 28.3 Å². The van der Waals surface area contributed by atoms with Crippen LogP contribution in [0.1, 0.15) is 23.2 Å². The van der Waals surface area contributed by atoms with Crippen LogP contribution in [0, 0.1) is 17.7 Å². The number of carbonyl (C=O) groups excluding carboxylic acids is 1. The smallest absolute Gasteiger partial charge is 0.257 e. The summed E-state index contributed by atoms with van der Waals surface area (Å²) < 4.78 is 14.4. The molecule has 2 atom stereocenters. The van der Waals surface area contributed by atoms with E-state index in [-0.39, 0.29) is 23.9 Å². The van der Waals surface area contributed by atoms with E-state index < -0.39 is 5.82 Å². The molecule has 3 nitrogen and oxygen atoms in total. The molecular formula is C15H19BrClFN2O. The zero-order valence-electron chi connectivity index (χ0n) is 11.6. The minimum Gasteiger partial charge on any atom is -0.339 e. The topological polar surface area (TPSA) is 32.3 Å². The fourth-order valence-electron chi connectivity index (χ4n) is 3.28. The largest absolute Gasteiger partial charge is 0.339 e. The lowest BCUT2D eigenvalue weighted by Gasteiger charge is -2.21. The van der Waals surface area contributed by atoms with Gasteiger partial charge in [0.1, 0.15) is 5.82 Å². The highest BCUT2D eigenvalue weighted by Crippen LogP contribution is 2.29. The number of halogens is 3. The van der Waals surface area contributed by atoms with Gasteiger partial charge < -0.3 is 10.2 Å². The SMILES string of the molecule is Cl.O=C(c1c(F)cccc1Br)N1CC[C@@H]2CNC[C@@H]2CC1. The van der Waals surface area contributed by atoms with Crippen LogP contribution in [0.4, 0.5) is 4.39 Å². The van der Waals surface area contributed by atoms with Gasteiger partial charge in [-0.2, -0.15) is 0 Å². The van der Waals surface area contributed by atoms with Gasteiger partial charge in [0.05, 0.1) is 5.56 Å². The number of hydrogen-bond donors (Lipinski definition) is 1. The van der Waals surface area contributed by atoms with E-state index in [0.29, 0.717) is 16.3 Å². The molecule has 2 fully saturated rings. The molecule has 1 aromatic rings. The quantitative estimate of drug-likeness (QED) is 0.816. The maximum absolute atomic E-state index is 13.9. The molecule has 1 amide bonds. The van der Waals surface area contributed by atoms with Crippen molar-refractivity contribution in [3.05, 3.63) is 34.1 Å². The second-order valence-electron chi connectivity index (χ2n) is 5.64. The lowest BCUT2D eigenvalue weighted by molar-refractivity contribution is 0.0753. The Balaban J connectivity index is 0.00000161. The Bertz CT molecular complexity index is 494. The predicted molar refractivity (Wildman–Crippen MR) is 86.3 cm³/mol. The standard InChI is InChI=1S/C15H18BrFN2O.ClH/c16-12-2-1-3-13(17)14(12)15(20)19-6-4-10-8-18-9-11(10)5-7-19;/h1-3,10-11,18H,4-9H2;1H/t10-,11+;. The van der Waals surface area contributed by atoms with Crippen LogP contribution in [0.25, 0.3) is 0 Å². The Morgan fingerprint density at radius 2 is 1.86 bits per heavy atom. The zero-order chi connectivity index (χ0) is 14.1. The van der Waals surface area contributed by atoms with E-state index in [4.69, 9.17) is 0 Å². The molecule has 0 aliphatic carbocycles. The van der Waals surface area contributed by atoms with Crippen LogP contribution < -0.4 is 5.32 Å². The molecule has 2 aliphatic rings. The molecule has 0 aromatic heterocycles. The number of rotatable bonds is 1. The molecule has 1 aromatic carbocycles. The first-order valence-corrected chi connectivity index (χ1v) is 7.90. The van der Waals surface area contributed by atoms with E-state index in [0.717, 1.165) is 39.0 Å². The third-order valence-corrected chi connectivity index (χ3v) is 5.14. The van der Waals surface area contributed by atoms with Crippen molar-refractivity contribution in [3.63, 3.8) is 0 Å². The number of carbonyl (C=O) groups is 1. The number of fused-ring (bicyclic) bond motifs is 1. The third kappa shape index (κ3) is 3.41. The summed E-state index contributed by atoms with van der Waals surface area (Å²) in [6.45, 7) is 3.55. The number of nitrogens with zero attached hydrogens (tertiary/aromatic N) is 1. The van der Waals surface area contributed by atoms with E-state index in [1.54, 1.807) is 12.1 Å². The Morgan fingerprint density at radius 3 is 2.43 bits per heavy atom. The number of benzene rings is 1. The maximum atomic E-state index is 13.9. The van der Waals surface area contributed by atoms with Crippen molar-refractivity contribution in [2.75, 3.05) is 26.2 Å². The lowest BCUT2D eigenvalue weighted by Crippen LogP contribution is -2.33. The minimum atomic E-state index is -0.449. The second-order valence-corrected chi connectivity index (χ2v) is 6.50. The first-order chi connectivity index (χ1) is 9.66. The normalized spacial score (nSPS) is 25.0. The highest BCUT2D eigenvalue weighted by atomic mass is 79.9. The van der Waals surface area contributed by atoms with E-state index >= 15 is 0 Å². The molecule has 2 aliphatic heterocycles. The lowest BCUT2D eigenvalue weighted by atomic mass is 9.92. The third-order valence-electron chi connectivity index (χ3n) is 4.48. The molecule has 3 rings (SSSR count). The van der Waals surface area contributed by atoms with Crippen molar-refractivity contribution in [2.45, 2.75) is 12.8 Å². The van der Waals surface area contributed by atoms with Crippen molar-refractivity contribution in [1.82, 2.24) is 10.2 Å². The van der Waals surface area contributed by atoms with Crippen molar-refractivity contribution in [2.24, 2.45) is 11.8 Å². The van der Waals surface area contributed by atoms with Crippen LogP contribution in [-0.2, 0) is 0 Å². The molecule has 0 saturated carbocycles. The van der Waals surface area contributed by atoms with Crippen LogP contribution in [0.15, 0.2) is 22.7 Å². The molecule has 2 saturated heterocycles. The van der Waals surface area contributed by atoms with Crippen LogP contribution in [0.3, 0.4) is 0 Å². The zero-order valence-corrected chi connectivity index (χ0v) is 14.1. The van der Waals surface area contributed by atoms with Crippen LogP contribution in [0.2, 0.25) is 0 Å². The molecule has 116 valence electrons. The first-order valence-electron chi connectivity index (χ1n) is 7.11. The van der Waals surface area contributed by atoms with Gasteiger partial charge in [0, 0.05) is 17.6 Å². The summed E-state index contributed by atoms with van der Waals surface area (Å²) in [7, 11) is 0. The highest BCUT2D eigenvalue weighted by molar-refractivity contribution is 9.10. The summed E-state index contributed by atoms with van der Waals surface area (Å²) in [6.07, 6.45) is 2.02. The summed E-state index contributed by atoms with van der Waals surface area (Å²) in [5.41, 5.74) is 0.165. The summed E-state index contributed by atoms with van der Waals surface area (Å²) in [5, 5.41) is 3.42. The molecule has 0 unspecified atom stereocenters. The average molecular weight is 378 g/mol. The number of amides is 1. The van der Waals surface area contributed by atoms with Crippen molar-refractivity contribution >= 4 is 34.2 Å². The van der Waals surface area contributed by atoms with Crippen LogP contribution in [0.5, 0.6) is 0 Å². The van der Waals surface area contributed by atoms with E-state index in [2.05, 4.69) is 21.2 Å². The van der Waals surface area contributed by atoms with E-state index in [1.807, 2.05) is 4.90 Å². The maximum Gasteiger partial charge on any atom is 0.257 e. The molecule has 6 heteroatoms. The molecule has 2 heterocycles. The number of likely N-dealkylation sites (tertiary alicyclic amines) is 1. The Kier molecular flexibility index (Phi) is 5.63. The van der Waals surface area contributed by atoms with E-state index in [1.165, 1.54) is 6.07 Å². The average Bonchev–Trinajstić information content (AvgIpc) is 2.77. The number of nitrogens with one attached hydrogen (secondary N) is 1. The van der Waals surface area contributed by atoms with Gasteiger partial charge in [-0.1, -0.05) is 6.07 Å². The van der Waals surface area contributed by atoms with Crippen LogP contribution in [-0.4, -0.2) is 37.0 Å². The molecule has 1 N–H and O–H groups in total. The molecule has 0 bridgehead atoms. The van der Waals surface area contributed by atoms with E-state index in [9.17, 15) is 9.18 Å². The Morgan fingerprint density at radius 1 is 1.24 bits per heavy atom. The molecule has 21 heavy (non-hydrogen) atoms. The van der Waals surface area contributed by atoms with Gasteiger partial charge in [-0.25, -0.2) is 4.39 Å². The molecule has 0 spiro atoms. The first kappa shape index (κ1) is 16.7. The summed E-state index contributed by atoms with van der Waals surface area (Å²) in [4.78, 5) is 14.4. The van der Waals surface area contributed by atoms with Gasteiger partial charge in [0.25, 0.3) is 5.91 Å². The Labute approximate surface area is 138 Å². The minimum absolute atomic E-state index is 0. The van der Waals surface area contributed by atoms with Gasteiger partial charge in [-0.3, -0.25) is 4.79 Å². The fourth-order valence-corrected chi connectivity index (χ4v) is 3.79. The van der Waals surface area contributed by atoms with Gasteiger partial charge in [-0.05, 0) is 65.8 Å². The Hall–Kier alpha value is -0.650. The summed E-state index contributed by atoms with van der Waals surface area (Å²) >= 11 is 3.28. The molecule has 0 radical (unpaired) electrons. The van der Waals surface area contributed by atoms with Gasteiger partial charge in [0.15, 0.2) is 0 Å². The number of hydrogen-bond acceptors (Lipinski definition) is 2. The predicted octanol–water partition coefficient (Wildman–Crippen LogP) is 3.08. The fraction of sp³-hybridized carbons (Fsp3) is 0.533. The van der Waals surface area contributed by atoms with Crippen molar-refractivity contribution < 1.29 is 9.18 Å². The highest BCUT2D eigenvalue weighted by Gasteiger charge is 2.32. The summed E-state index contributed by atoms with van der Waals surface area (Å²) in [6, 6.07) is 4.66. The van der Waals surface area contributed by atoms with Gasteiger partial charge in [0.2, 0.25) is 0 Å². The summed E-state index contributed by atoms with van der Waals surface area (Å²) in [5.74, 6) is 0.687.